The minimum absolute atomic E-state index is 0.00256. The van der Waals surface area contributed by atoms with E-state index in [2.05, 4.69) is 10.2 Å². The average Bonchev–Trinajstić information content (AvgIpc) is 3.06. The fourth-order valence-electron chi connectivity index (χ4n) is 3.24. The molecule has 3 rings (SSSR count). The third-order valence-electron chi connectivity index (χ3n) is 4.51. The second-order valence-corrected chi connectivity index (χ2v) is 6.14. The monoisotopic (exact) mass is 331 g/mol. The summed E-state index contributed by atoms with van der Waals surface area (Å²) in [6, 6.07) is 6.86. The molecular weight excluding hydrogens is 310 g/mol. The van der Waals surface area contributed by atoms with Gasteiger partial charge in [0.2, 0.25) is 5.91 Å². The Morgan fingerprint density at radius 1 is 1.46 bits per heavy atom. The molecule has 0 spiro atoms. The van der Waals surface area contributed by atoms with E-state index in [0.29, 0.717) is 18.2 Å². The third kappa shape index (κ3) is 3.98. The van der Waals surface area contributed by atoms with Crippen LogP contribution in [0.2, 0.25) is 0 Å². The maximum Gasteiger partial charge on any atom is 0.276 e. The molecule has 0 radical (unpaired) electrons. The van der Waals surface area contributed by atoms with Crippen molar-refractivity contribution >= 4 is 17.7 Å². The highest BCUT2D eigenvalue weighted by Gasteiger charge is 2.32. The SMILES string of the molecule is O=C(C=Cc1ccccc1[N+](=O)[O-])NCC1CN2CCCC2CO1. The van der Waals surface area contributed by atoms with E-state index in [9.17, 15) is 14.9 Å². The topological polar surface area (TPSA) is 84.7 Å². The molecule has 0 aromatic heterocycles. The van der Waals surface area contributed by atoms with Crippen LogP contribution >= 0.6 is 0 Å². The first-order valence-electron chi connectivity index (χ1n) is 8.18. The van der Waals surface area contributed by atoms with Crippen molar-refractivity contribution in [3.8, 4) is 0 Å². The molecule has 2 aliphatic heterocycles. The number of nitrogens with one attached hydrogen (secondary N) is 1. The molecule has 7 heteroatoms. The largest absolute Gasteiger partial charge is 0.373 e. The second kappa shape index (κ2) is 7.55. The van der Waals surface area contributed by atoms with Crippen LogP contribution in [0.3, 0.4) is 0 Å². The Labute approximate surface area is 140 Å². The van der Waals surface area contributed by atoms with E-state index in [1.54, 1.807) is 18.2 Å². The molecule has 1 amide bonds. The standard InChI is InChI=1S/C17H21N3O4/c21-17(8-7-13-4-1-2-6-16(13)20(22)23)18-10-15-11-19-9-3-5-14(19)12-24-15/h1-2,4,6-8,14-15H,3,5,9-12H2,(H,18,21). The molecule has 0 aliphatic carbocycles. The zero-order chi connectivity index (χ0) is 16.9. The Balaban J connectivity index is 1.50. The van der Waals surface area contributed by atoms with Crippen molar-refractivity contribution in [3.05, 3.63) is 46.0 Å². The zero-order valence-corrected chi connectivity index (χ0v) is 13.4. The van der Waals surface area contributed by atoms with Crippen LogP contribution in [0.15, 0.2) is 30.3 Å². The fourth-order valence-corrected chi connectivity index (χ4v) is 3.24. The van der Waals surface area contributed by atoms with E-state index >= 15 is 0 Å². The van der Waals surface area contributed by atoms with Crippen LogP contribution in [-0.4, -0.2) is 54.1 Å². The lowest BCUT2D eigenvalue weighted by Crippen LogP contribution is -2.49. The van der Waals surface area contributed by atoms with Gasteiger partial charge in [0.15, 0.2) is 0 Å². The van der Waals surface area contributed by atoms with Crippen LogP contribution in [0, 0.1) is 10.1 Å². The number of carbonyl (C=O) groups excluding carboxylic acids is 1. The van der Waals surface area contributed by atoms with E-state index in [0.717, 1.165) is 19.7 Å². The minimum Gasteiger partial charge on any atom is -0.373 e. The summed E-state index contributed by atoms with van der Waals surface area (Å²) in [6.45, 7) is 3.13. The van der Waals surface area contributed by atoms with Crippen LogP contribution in [-0.2, 0) is 9.53 Å². The smallest absolute Gasteiger partial charge is 0.276 e. The minimum atomic E-state index is -0.458. The van der Waals surface area contributed by atoms with Crippen molar-refractivity contribution in [2.75, 3.05) is 26.2 Å². The van der Waals surface area contributed by atoms with E-state index in [1.165, 1.54) is 31.1 Å². The molecule has 0 saturated carbocycles. The van der Waals surface area contributed by atoms with Gasteiger partial charge in [0.25, 0.3) is 5.69 Å². The Morgan fingerprint density at radius 2 is 2.29 bits per heavy atom. The zero-order valence-electron chi connectivity index (χ0n) is 13.4. The Bertz CT molecular complexity index is 646. The van der Waals surface area contributed by atoms with Gasteiger partial charge in [-0.2, -0.15) is 0 Å². The molecule has 1 aromatic carbocycles. The quantitative estimate of drug-likeness (QED) is 0.503. The molecule has 2 fully saturated rings. The van der Waals surface area contributed by atoms with Gasteiger partial charge < -0.3 is 10.1 Å². The van der Waals surface area contributed by atoms with Crippen molar-refractivity contribution in [3.63, 3.8) is 0 Å². The number of benzene rings is 1. The number of carbonyl (C=O) groups is 1. The highest BCUT2D eigenvalue weighted by atomic mass is 16.6. The number of hydrogen-bond donors (Lipinski definition) is 1. The van der Waals surface area contributed by atoms with E-state index in [-0.39, 0.29) is 17.7 Å². The number of nitro groups is 1. The van der Waals surface area contributed by atoms with Gasteiger partial charge in [-0.25, -0.2) is 0 Å². The van der Waals surface area contributed by atoms with Crippen LogP contribution in [0.4, 0.5) is 5.69 Å². The molecule has 1 N–H and O–H groups in total. The molecule has 7 nitrogen and oxygen atoms in total. The number of nitrogens with zero attached hydrogens (tertiary/aromatic N) is 2. The van der Waals surface area contributed by atoms with Gasteiger partial charge in [0, 0.05) is 31.3 Å². The third-order valence-corrected chi connectivity index (χ3v) is 4.51. The first-order valence-corrected chi connectivity index (χ1v) is 8.18. The van der Waals surface area contributed by atoms with Crippen molar-refractivity contribution in [2.24, 2.45) is 0 Å². The molecule has 1 aromatic rings. The van der Waals surface area contributed by atoms with Gasteiger partial charge >= 0.3 is 0 Å². The second-order valence-electron chi connectivity index (χ2n) is 6.14. The molecule has 0 bridgehead atoms. The summed E-state index contributed by atoms with van der Waals surface area (Å²) in [5.74, 6) is -0.278. The number of para-hydroxylation sites is 1. The van der Waals surface area contributed by atoms with Gasteiger partial charge in [0.1, 0.15) is 0 Å². The van der Waals surface area contributed by atoms with Crippen LogP contribution in [0.25, 0.3) is 6.08 Å². The van der Waals surface area contributed by atoms with Gasteiger partial charge in [-0.15, -0.1) is 0 Å². The molecular formula is C17H21N3O4. The molecule has 2 atom stereocenters. The number of ether oxygens (including phenoxy) is 1. The van der Waals surface area contributed by atoms with Gasteiger partial charge in [-0.05, 0) is 31.5 Å². The molecule has 2 heterocycles. The predicted molar refractivity (Wildman–Crippen MR) is 89.5 cm³/mol. The Morgan fingerprint density at radius 3 is 3.12 bits per heavy atom. The van der Waals surface area contributed by atoms with Crippen molar-refractivity contribution in [1.82, 2.24) is 10.2 Å². The Hall–Kier alpha value is -2.25. The molecule has 128 valence electrons. The number of nitro benzene ring substituents is 1. The van der Waals surface area contributed by atoms with Crippen molar-refractivity contribution in [2.45, 2.75) is 25.0 Å². The van der Waals surface area contributed by atoms with Crippen LogP contribution < -0.4 is 5.32 Å². The molecule has 2 aliphatic rings. The fraction of sp³-hybridized carbons (Fsp3) is 0.471. The summed E-state index contributed by atoms with van der Waals surface area (Å²) in [5.41, 5.74) is 0.392. The predicted octanol–water partition coefficient (Wildman–Crippen LogP) is 1.59. The number of hydrogen-bond acceptors (Lipinski definition) is 5. The summed E-state index contributed by atoms with van der Waals surface area (Å²) in [7, 11) is 0. The van der Waals surface area contributed by atoms with E-state index < -0.39 is 4.92 Å². The summed E-state index contributed by atoms with van der Waals surface area (Å²) in [4.78, 5) is 24.8. The lowest BCUT2D eigenvalue weighted by atomic mass is 10.1. The maximum atomic E-state index is 11.9. The lowest BCUT2D eigenvalue weighted by Gasteiger charge is -2.35. The normalized spacial score (nSPS) is 24.0. The van der Waals surface area contributed by atoms with Crippen LogP contribution in [0.1, 0.15) is 18.4 Å². The van der Waals surface area contributed by atoms with E-state index in [1.807, 2.05) is 0 Å². The summed E-state index contributed by atoms with van der Waals surface area (Å²) < 4.78 is 5.79. The average molecular weight is 331 g/mol. The number of rotatable bonds is 5. The maximum absolute atomic E-state index is 11.9. The van der Waals surface area contributed by atoms with Crippen molar-refractivity contribution in [1.29, 1.82) is 0 Å². The first kappa shape index (κ1) is 16.6. The molecule has 24 heavy (non-hydrogen) atoms. The summed E-state index contributed by atoms with van der Waals surface area (Å²) in [5, 5.41) is 13.7. The van der Waals surface area contributed by atoms with Gasteiger partial charge in [-0.1, -0.05) is 12.1 Å². The number of fused-ring (bicyclic) bond motifs is 1. The number of amides is 1. The molecule has 2 saturated heterocycles. The van der Waals surface area contributed by atoms with Crippen molar-refractivity contribution < 1.29 is 14.5 Å². The van der Waals surface area contributed by atoms with Gasteiger partial charge in [-0.3, -0.25) is 19.8 Å². The summed E-state index contributed by atoms with van der Waals surface area (Å²) >= 11 is 0. The Kier molecular flexibility index (Phi) is 5.22. The molecule has 2 unspecified atom stereocenters. The highest BCUT2D eigenvalue weighted by Crippen LogP contribution is 2.22. The summed E-state index contributed by atoms with van der Waals surface area (Å²) in [6.07, 6.45) is 5.20. The first-order chi connectivity index (χ1) is 11.6. The number of morpholine rings is 1. The highest BCUT2D eigenvalue weighted by molar-refractivity contribution is 5.92. The lowest BCUT2D eigenvalue weighted by molar-refractivity contribution is -0.385. The van der Waals surface area contributed by atoms with E-state index in [4.69, 9.17) is 4.74 Å². The van der Waals surface area contributed by atoms with Gasteiger partial charge in [0.05, 0.1) is 23.2 Å². The van der Waals surface area contributed by atoms with Crippen LogP contribution in [0.5, 0.6) is 0 Å².